The molecule has 1 aromatic carbocycles. The fourth-order valence-electron chi connectivity index (χ4n) is 2.39. The van der Waals surface area contributed by atoms with Gasteiger partial charge in [0.05, 0.1) is 0 Å². The first-order valence-corrected chi connectivity index (χ1v) is 8.02. The van der Waals surface area contributed by atoms with E-state index in [1.54, 1.807) is 0 Å². The number of nitrogens with two attached hydrogens (primary N) is 1. The van der Waals surface area contributed by atoms with Crippen LogP contribution in [-0.2, 0) is 11.2 Å². The maximum Gasteiger partial charge on any atom is 0.223 e. The van der Waals surface area contributed by atoms with Crippen molar-refractivity contribution < 1.29 is 4.79 Å². The molecule has 0 aliphatic carbocycles. The molecule has 0 aliphatic rings. The van der Waals surface area contributed by atoms with E-state index in [0.717, 1.165) is 19.3 Å². The lowest BCUT2D eigenvalue weighted by atomic mass is 9.87. The van der Waals surface area contributed by atoms with Crippen LogP contribution in [0.4, 0.5) is 0 Å². The summed E-state index contributed by atoms with van der Waals surface area (Å²) >= 11 is 0. The van der Waals surface area contributed by atoms with Crippen molar-refractivity contribution in [3.8, 4) is 0 Å². The average molecular weight is 327 g/mol. The lowest BCUT2D eigenvalue weighted by Crippen LogP contribution is -2.50. The monoisotopic (exact) mass is 326 g/mol. The number of hydrogen-bond acceptors (Lipinski definition) is 2. The Bertz CT molecular complexity index is 430. The molecule has 126 valence electrons. The first-order chi connectivity index (χ1) is 9.91. The number of carbonyl (C=O) groups excluding carboxylic acids is 1. The first-order valence-electron chi connectivity index (χ1n) is 8.02. The molecule has 1 unspecified atom stereocenters. The fraction of sp³-hybridized carbons (Fsp3) is 0.611. The van der Waals surface area contributed by atoms with Gasteiger partial charge in [-0.2, -0.15) is 0 Å². The van der Waals surface area contributed by atoms with Crippen LogP contribution in [0.2, 0.25) is 0 Å². The van der Waals surface area contributed by atoms with Crippen molar-refractivity contribution in [1.29, 1.82) is 0 Å². The number of carbonyl (C=O) groups is 1. The lowest BCUT2D eigenvalue weighted by Gasteiger charge is -2.29. The zero-order chi connectivity index (χ0) is 15.9. The summed E-state index contributed by atoms with van der Waals surface area (Å²) in [6.07, 6.45) is 2.52. The molecule has 0 bridgehead atoms. The summed E-state index contributed by atoms with van der Waals surface area (Å²) in [5, 5.41) is 3.06. The Morgan fingerprint density at radius 2 is 1.73 bits per heavy atom. The average Bonchev–Trinajstić information content (AvgIpc) is 2.50. The molecule has 0 saturated heterocycles. The van der Waals surface area contributed by atoms with Crippen LogP contribution < -0.4 is 11.1 Å². The summed E-state index contributed by atoms with van der Waals surface area (Å²) in [6.45, 7) is 8.89. The molecule has 1 amide bonds. The summed E-state index contributed by atoms with van der Waals surface area (Å²) in [5.41, 5.74) is 7.18. The van der Waals surface area contributed by atoms with E-state index in [4.69, 9.17) is 5.73 Å². The number of benzene rings is 1. The molecule has 1 atom stereocenters. The van der Waals surface area contributed by atoms with Crippen LogP contribution in [0.5, 0.6) is 0 Å². The zero-order valence-electron chi connectivity index (χ0n) is 14.3. The van der Waals surface area contributed by atoms with Gasteiger partial charge in [0.25, 0.3) is 0 Å². The van der Waals surface area contributed by atoms with Crippen LogP contribution in [-0.4, -0.2) is 18.0 Å². The van der Waals surface area contributed by atoms with E-state index in [2.05, 4.69) is 45.1 Å². The van der Waals surface area contributed by atoms with Crippen molar-refractivity contribution >= 4 is 18.3 Å². The van der Waals surface area contributed by atoms with E-state index in [1.807, 2.05) is 18.2 Å². The van der Waals surface area contributed by atoms with Crippen molar-refractivity contribution in [2.75, 3.05) is 6.54 Å². The molecule has 1 aromatic rings. The van der Waals surface area contributed by atoms with E-state index in [-0.39, 0.29) is 29.8 Å². The molecule has 3 N–H and O–H groups in total. The molecule has 0 radical (unpaired) electrons. The third-order valence-electron chi connectivity index (χ3n) is 4.46. The fourth-order valence-corrected chi connectivity index (χ4v) is 2.39. The molecule has 0 spiro atoms. The number of nitrogens with one attached hydrogen (secondary N) is 1. The van der Waals surface area contributed by atoms with Gasteiger partial charge in [0.1, 0.15) is 0 Å². The summed E-state index contributed by atoms with van der Waals surface area (Å²) in [7, 11) is 0. The summed E-state index contributed by atoms with van der Waals surface area (Å²) in [5.74, 6) is 0.413. The highest BCUT2D eigenvalue weighted by molar-refractivity contribution is 5.85. The van der Waals surface area contributed by atoms with Gasteiger partial charge in [0, 0.05) is 18.0 Å². The molecule has 22 heavy (non-hydrogen) atoms. The van der Waals surface area contributed by atoms with Crippen molar-refractivity contribution in [2.24, 2.45) is 17.6 Å². The predicted octanol–water partition coefficient (Wildman–Crippen LogP) is 3.56. The van der Waals surface area contributed by atoms with Crippen LogP contribution in [0.25, 0.3) is 0 Å². The first kappa shape index (κ1) is 20.9. The van der Waals surface area contributed by atoms with Crippen LogP contribution >= 0.6 is 12.4 Å². The van der Waals surface area contributed by atoms with Gasteiger partial charge in [-0.25, -0.2) is 0 Å². The van der Waals surface area contributed by atoms with Crippen molar-refractivity contribution in [1.82, 2.24) is 5.32 Å². The molecule has 0 aromatic heterocycles. The highest BCUT2D eigenvalue weighted by atomic mass is 35.5. The topological polar surface area (TPSA) is 55.1 Å². The third kappa shape index (κ3) is 6.37. The van der Waals surface area contributed by atoms with Crippen molar-refractivity contribution in [2.45, 2.75) is 52.5 Å². The number of rotatable bonds is 8. The van der Waals surface area contributed by atoms with Gasteiger partial charge < -0.3 is 11.1 Å². The second-order valence-electron chi connectivity index (χ2n) is 6.33. The smallest absolute Gasteiger partial charge is 0.223 e. The quantitative estimate of drug-likeness (QED) is 0.767. The maximum absolute atomic E-state index is 12.5. The molecule has 0 saturated carbocycles. The maximum atomic E-state index is 12.5. The van der Waals surface area contributed by atoms with Crippen LogP contribution in [0.15, 0.2) is 30.3 Å². The molecular formula is C18H31ClN2O. The van der Waals surface area contributed by atoms with Crippen molar-refractivity contribution in [3.05, 3.63) is 35.9 Å². The largest absolute Gasteiger partial charge is 0.354 e. The second kappa shape index (κ2) is 9.86. The highest BCUT2D eigenvalue weighted by Gasteiger charge is 2.26. The van der Waals surface area contributed by atoms with E-state index < -0.39 is 0 Å². The molecule has 0 aliphatic heterocycles. The SMILES string of the molecule is CCC(N)(CC)CNC(=O)C(Cc1ccccc1)C(C)C.Cl. The summed E-state index contributed by atoms with van der Waals surface area (Å²) < 4.78 is 0. The Kier molecular flexibility index (Phi) is 9.38. The van der Waals surface area contributed by atoms with E-state index in [9.17, 15) is 4.79 Å². The van der Waals surface area contributed by atoms with E-state index in [1.165, 1.54) is 5.56 Å². The van der Waals surface area contributed by atoms with Gasteiger partial charge in [0.2, 0.25) is 5.91 Å². The molecule has 3 nitrogen and oxygen atoms in total. The Balaban J connectivity index is 0.00000441. The van der Waals surface area contributed by atoms with Gasteiger partial charge in [-0.05, 0) is 30.7 Å². The summed E-state index contributed by atoms with van der Waals surface area (Å²) in [4.78, 5) is 12.5. The standard InChI is InChI=1S/C18H30N2O.ClH/c1-5-18(19,6-2)13-20-17(21)16(14(3)4)12-15-10-8-7-9-11-15;/h7-11,14,16H,5-6,12-13,19H2,1-4H3,(H,20,21);1H. The highest BCUT2D eigenvalue weighted by Crippen LogP contribution is 2.18. The number of hydrogen-bond donors (Lipinski definition) is 2. The lowest BCUT2D eigenvalue weighted by molar-refractivity contribution is -0.126. The number of amides is 1. The van der Waals surface area contributed by atoms with Crippen molar-refractivity contribution in [3.63, 3.8) is 0 Å². The number of halogens is 1. The van der Waals surface area contributed by atoms with E-state index in [0.29, 0.717) is 12.5 Å². The van der Waals surface area contributed by atoms with Crippen LogP contribution in [0.3, 0.4) is 0 Å². The Morgan fingerprint density at radius 1 is 1.18 bits per heavy atom. The van der Waals surface area contributed by atoms with Crippen LogP contribution in [0.1, 0.15) is 46.1 Å². The zero-order valence-corrected chi connectivity index (χ0v) is 15.1. The van der Waals surface area contributed by atoms with Crippen LogP contribution in [0, 0.1) is 11.8 Å². The minimum Gasteiger partial charge on any atom is -0.354 e. The minimum atomic E-state index is -0.288. The molecular weight excluding hydrogens is 296 g/mol. The second-order valence-corrected chi connectivity index (χ2v) is 6.33. The van der Waals surface area contributed by atoms with Gasteiger partial charge in [-0.1, -0.05) is 58.0 Å². The molecule has 0 fully saturated rings. The molecule has 0 heterocycles. The predicted molar refractivity (Wildman–Crippen MR) is 96.2 cm³/mol. The van der Waals surface area contributed by atoms with Gasteiger partial charge in [-0.15, -0.1) is 12.4 Å². The van der Waals surface area contributed by atoms with Gasteiger partial charge >= 0.3 is 0 Å². The summed E-state index contributed by atoms with van der Waals surface area (Å²) in [6, 6.07) is 10.2. The Labute approximate surface area is 141 Å². The van der Waals surface area contributed by atoms with Gasteiger partial charge in [-0.3, -0.25) is 4.79 Å². The molecule has 4 heteroatoms. The Hall–Kier alpha value is -1.06. The van der Waals surface area contributed by atoms with E-state index >= 15 is 0 Å². The molecule has 1 rings (SSSR count). The van der Waals surface area contributed by atoms with Gasteiger partial charge in [0.15, 0.2) is 0 Å². The Morgan fingerprint density at radius 3 is 2.18 bits per heavy atom. The normalized spacial score (nSPS) is 12.6. The third-order valence-corrected chi connectivity index (χ3v) is 4.46. The minimum absolute atomic E-state index is 0.